The average Bonchev–Trinajstić information content (AvgIpc) is 3.10. The van der Waals surface area contributed by atoms with E-state index in [2.05, 4.69) is 15.5 Å². The molecule has 0 aliphatic carbocycles. The van der Waals surface area contributed by atoms with Crippen LogP contribution in [0, 0.1) is 0 Å². The number of thioether (sulfide) groups is 2. The van der Waals surface area contributed by atoms with E-state index in [1.54, 1.807) is 30.3 Å². The van der Waals surface area contributed by atoms with Crippen molar-refractivity contribution in [2.24, 2.45) is 10.2 Å². The maximum Gasteiger partial charge on any atom is 0.288 e. The number of phenols is 1. The summed E-state index contributed by atoms with van der Waals surface area (Å²) in [6.07, 6.45) is 1.91. The van der Waals surface area contributed by atoms with Crippen LogP contribution in [0.15, 0.2) is 75.8 Å². The third-order valence-corrected chi connectivity index (χ3v) is 6.42. The Morgan fingerprint density at radius 2 is 1.90 bits per heavy atom. The molecule has 9 heteroatoms. The smallest absolute Gasteiger partial charge is 0.288 e. The molecule has 3 aromatic rings. The molecule has 5 nitrogen and oxygen atoms in total. The van der Waals surface area contributed by atoms with Crippen molar-refractivity contribution in [1.82, 2.24) is 5.32 Å². The lowest BCUT2D eigenvalue weighted by Gasteiger charge is -2.06. The molecule has 1 fully saturated rings. The topological polar surface area (TPSA) is 74.0 Å². The number of amidine groups is 1. The lowest BCUT2D eigenvalue weighted by Crippen LogP contribution is -2.25. The lowest BCUT2D eigenvalue weighted by molar-refractivity contribution is -0.118. The third kappa shape index (κ3) is 5.23. The van der Waals surface area contributed by atoms with E-state index < -0.39 is 5.76 Å². The number of halogens is 2. The van der Waals surface area contributed by atoms with Crippen molar-refractivity contribution in [1.29, 1.82) is 0 Å². The van der Waals surface area contributed by atoms with Crippen LogP contribution in [-0.4, -0.2) is 33.4 Å². The molecule has 0 saturated carbocycles. The van der Waals surface area contributed by atoms with Gasteiger partial charge in [0.25, 0.3) is 5.76 Å². The quantitative estimate of drug-likeness (QED) is 0.310. The highest BCUT2D eigenvalue weighted by atomic mass is 32.2. The van der Waals surface area contributed by atoms with E-state index in [1.165, 1.54) is 18.0 Å². The van der Waals surface area contributed by atoms with Crippen LogP contribution in [0.4, 0.5) is 8.78 Å². The van der Waals surface area contributed by atoms with E-state index >= 15 is 0 Å². The summed E-state index contributed by atoms with van der Waals surface area (Å²) in [5.41, 5.74) is 1.42. The van der Waals surface area contributed by atoms with Crippen molar-refractivity contribution in [2.45, 2.75) is 22.3 Å². The summed E-state index contributed by atoms with van der Waals surface area (Å²) in [4.78, 5) is 12.7. The van der Waals surface area contributed by atoms with Gasteiger partial charge in [-0.1, -0.05) is 66.0 Å². The minimum atomic E-state index is -2.46. The Morgan fingerprint density at radius 3 is 2.68 bits per heavy atom. The predicted octanol–water partition coefficient (Wildman–Crippen LogP) is 5.02. The zero-order chi connectivity index (χ0) is 21.8. The van der Waals surface area contributed by atoms with Crippen LogP contribution in [0.2, 0.25) is 0 Å². The normalized spacial score (nSPS) is 17.8. The monoisotopic (exact) mass is 457 g/mol. The lowest BCUT2D eigenvalue weighted by atomic mass is 10.0. The minimum Gasteiger partial charge on any atom is -0.507 e. The first-order valence-electron chi connectivity index (χ1n) is 9.32. The Bertz CT molecular complexity index is 1170. The SMILES string of the molecule is O=C1N/C(=N/N=C\c2c(O)ccc3ccccc23)S[C@H]1Cc1ccc(SC(F)F)cc1. The van der Waals surface area contributed by atoms with Gasteiger partial charge in [-0.25, -0.2) is 0 Å². The number of carbonyl (C=O) groups is 1. The van der Waals surface area contributed by atoms with Crippen molar-refractivity contribution < 1.29 is 18.7 Å². The van der Waals surface area contributed by atoms with Crippen LogP contribution in [-0.2, 0) is 11.2 Å². The summed E-state index contributed by atoms with van der Waals surface area (Å²) in [7, 11) is 0. The number of alkyl halides is 2. The molecule has 158 valence electrons. The molecule has 1 saturated heterocycles. The Balaban J connectivity index is 1.43. The fourth-order valence-electron chi connectivity index (χ4n) is 3.17. The van der Waals surface area contributed by atoms with Crippen LogP contribution >= 0.6 is 23.5 Å². The van der Waals surface area contributed by atoms with Crippen molar-refractivity contribution in [3.8, 4) is 5.75 Å². The van der Waals surface area contributed by atoms with Crippen LogP contribution in [0.25, 0.3) is 10.8 Å². The first-order valence-corrected chi connectivity index (χ1v) is 11.1. The Morgan fingerprint density at radius 1 is 1.13 bits per heavy atom. The molecule has 0 unspecified atom stereocenters. The van der Waals surface area contributed by atoms with Gasteiger partial charge in [0.2, 0.25) is 5.91 Å². The molecule has 3 aromatic carbocycles. The Hall–Kier alpha value is -2.91. The highest BCUT2D eigenvalue weighted by Gasteiger charge is 2.30. The molecule has 1 heterocycles. The highest BCUT2D eigenvalue weighted by Crippen LogP contribution is 2.28. The number of nitrogens with zero attached hydrogens (tertiary/aromatic N) is 2. The number of fused-ring (bicyclic) bond motifs is 1. The maximum absolute atomic E-state index is 12.4. The first kappa shape index (κ1) is 21.3. The molecule has 0 aromatic heterocycles. The van der Waals surface area contributed by atoms with Gasteiger partial charge in [-0.2, -0.15) is 13.9 Å². The molecule has 2 N–H and O–H groups in total. The number of benzene rings is 3. The number of aromatic hydroxyl groups is 1. The van der Waals surface area contributed by atoms with E-state index in [9.17, 15) is 18.7 Å². The predicted molar refractivity (Wildman–Crippen MR) is 122 cm³/mol. The zero-order valence-corrected chi connectivity index (χ0v) is 17.7. The number of carbonyl (C=O) groups excluding carboxylic acids is 1. The summed E-state index contributed by atoms with van der Waals surface area (Å²) in [5, 5.41) is 22.8. The second-order valence-electron chi connectivity index (χ2n) is 6.69. The summed E-state index contributed by atoms with van der Waals surface area (Å²) in [5.74, 6) is -2.55. The summed E-state index contributed by atoms with van der Waals surface area (Å²) in [6.45, 7) is 0. The van der Waals surface area contributed by atoms with Crippen molar-refractivity contribution in [3.63, 3.8) is 0 Å². The number of amides is 1. The number of hydrogen-bond acceptors (Lipinski definition) is 6. The van der Waals surface area contributed by atoms with Gasteiger partial charge in [-0.15, -0.1) is 5.10 Å². The molecule has 1 aliphatic heterocycles. The number of nitrogens with one attached hydrogen (secondary N) is 1. The standard InChI is InChI=1S/C22H17F2N3O2S2/c23-21(24)30-15-8-5-13(6-9-15)11-19-20(29)26-22(31-19)27-25-12-17-16-4-2-1-3-14(16)7-10-18(17)28/h1-10,12,19,21,28H,11H2,(H,26,27,29)/b25-12-/t19-/m0/s1. The van der Waals surface area contributed by atoms with E-state index in [1.807, 2.05) is 30.3 Å². The Kier molecular flexibility index (Phi) is 6.53. The van der Waals surface area contributed by atoms with Gasteiger partial charge in [-0.3, -0.25) is 4.79 Å². The van der Waals surface area contributed by atoms with Crippen LogP contribution < -0.4 is 5.32 Å². The fraction of sp³-hybridized carbons (Fsp3) is 0.136. The van der Waals surface area contributed by atoms with Gasteiger partial charge >= 0.3 is 0 Å². The van der Waals surface area contributed by atoms with Crippen molar-refractivity contribution >= 4 is 51.6 Å². The van der Waals surface area contributed by atoms with E-state index in [0.717, 1.165) is 16.3 Å². The van der Waals surface area contributed by atoms with Crippen molar-refractivity contribution in [3.05, 3.63) is 71.8 Å². The summed E-state index contributed by atoms with van der Waals surface area (Å²) >= 11 is 1.75. The number of hydrogen-bond donors (Lipinski definition) is 2. The van der Waals surface area contributed by atoms with Crippen LogP contribution in [0.1, 0.15) is 11.1 Å². The number of phenolic OH excluding ortho intramolecular Hbond substituents is 1. The second kappa shape index (κ2) is 9.49. The molecular formula is C22H17F2N3O2S2. The van der Waals surface area contributed by atoms with Crippen molar-refractivity contribution in [2.75, 3.05) is 0 Å². The van der Waals surface area contributed by atoms with Gasteiger partial charge in [-0.05, 0) is 41.0 Å². The molecule has 1 aliphatic rings. The Labute approximate surface area is 185 Å². The van der Waals surface area contributed by atoms with Gasteiger partial charge in [0.1, 0.15) is 5.75 Å². The molecular weight excluding hydrogens is 440 g/mol. The molecule has 0 radical (unpaired) electrons. The van der Waals surface area contributed by atoms with Gasteiger partial charge < -0.3 is 10.4 Å². The minimum absolute atomic E-state index is 0.0945. The zero-order valence-electron chi connectivity index (χ0n) is 16.0. The molecule has 0 spiro atoms. The average molecular weight is 458 g/mol. The van der Waals surface area contributed by atoms with Crippen LogP contribution in [0.3, 0.4) is 0 Å². The summed E-state index contributed by atoms with van der Waals surface area (Å²) in [6, 6.07) is 17.8. The third-order valence-electron chi connectivity index (χ3n) is 4.63. The van der Waals surface area contributed by atoms with Crippen LogP contribution in [0.5, 0.6) is 5.75 Å². The van der Waals surface area contributed by atoms with Gasteiger partial charge in [0.15, 0.2) is 5.17 Å². The molecule has 4 rings (SSSR count). The molecule has 1 atom stereocenters. The highest BCUT2D eigenvalue weighted by molar-refractivity contribution is 8.15. The second-order valence-corrected chi connectivity index (χ2v) is 8.95. The summed E-state index contributed by atoms with van der Waals surface area (Å²) < 4.78 is 24.8. The van der Waals surface area contributed by atoms with Gasteiger partial charge in [0, 0.05) is 10.5 Å². The number of rotatable bonds is 6. The maximum atomic E-state index is 12.4. The molecule has 0 bridgehead atoms. The molecule has 1 amide bonds. The fourth-order valence-corrected chi connectivity index (χ4v) is 4.63. The van der Waals surface area contributed by atoms with E-state index in [-0.39, 0.29) is 16.9 Å². The van der Waals surface area contributed by atoms with E-state index in [0.29, 0.717) is 33.8 Å². The molecule has 31 heavy (non-hydrogen) atoms. The largest absolute Gasteiger partial charge is 0.507 e. The van der Waals surface area contributed by atoms with E-state index in [4.69, 9.17) is 0 Å². The first-order chi connectivity index (χ1) is 15.0. The van der Waals surface area contributed by atoms with Gasteiger partial charge in [0.05, 0.1) is 11.5 Å².